The van der Waals surface area contributed by atoms with Crippen molar-refractivity contribution in [3.63, 3.8) is 0 Å². The molecular formula is C48H92O6. The van der Waals surface area contributed by atoms with Crippen molar-refractivity contribution < 1.29 is 28.6 Å². The third-order valence-corrected chi connectivity index (χ3v) is 10.8. The van der Waals surface area contributed by atoms with E-state index in [0.29, 0.717) is 19.3 Å². The van der Waals surface area contributed by atoms with Gasteiger partial charge in [-0.2, -0.15) is 0 Å². The number of hydrogen-bond acceptors (Lipinski definition) is 6. The number of hydrogen-bond donors (Lipinski definition) is 0. The summed E-state index contributed by atoms with van der Waals surface area (Å²) < 4.78 is 16.7. The third-order valence-electron chi connectivity index (χ3n) is 10.8. The monoisotopic (exact) mass is 765 g/mol. The number of esters is 3. The van der Waals surface area contributed by atoms with Crippen LogP contribution in [0.15, 0.2) is 0 Å². The zero-order chi connectivity index (χ0) is 39.6. The zero-order valence-corrected chi connectivity index (χ0v) is 36.7. The van der Waals surface area contributed by atoms with Gasteiger partial charge in [-0.1, -0.05) is 227 Å². The predicted octanol–water partition coefficient (Wildman–Crippen LogP) is 15.1. The Morgan fingerprint density at radius 2 is 0.611 bits per heavy atom. The molecule has 0 amide bonds. The molecule has 0 aromatic heterocycles. The highest BCUT2D eigenvalue weighted by atomic mass is 16.6. The van der Waals surface area contributed by atoms with Gasteiger partial charge in [0.05, 0.1) is 0 Å². The molecular weight excluding hydrogens is 673 g/mol. The van der Waals surface area contributed by atoms with Crippen molar-refractivity contribution in [1.82, 2.24) is 0 Å². The molecule has 0 heterocycles. The summed E-state index contributed by atoms with van der Waals surface area (Å²) in [6.07, 6.45) is 42.2. The highest BCUT2D eigenvalue weighted by Crippen LogP contribution is 2.16. The number of carbonyl (C=O) groups is 3. The minimum atomic E-state index is -0.759. The molecule has 0 saturated heterocycles. The summed E-state index contributed by atoms with van der Waals surface area (Å²) in [5.74, 6) is -0.0327. The van der Waals surface area contributed by atoms with Crippen LogP contribution in [-0.2, 0) is 28.6 Å². The number of ether oxygens (including phenoxy) is 3. The molecule has 0 unspecified atom stereocenters. The van der Waals surface area contributed by atoms with Gasteiger partial charge in [0, 0.05) is 19.3 Å². The van der Waals surface area contributed by atoms with Crippen molar-refractivity contribution in [2.24, 2.45) is 5.92 Å². The molecule has 0 fully saturated rings. The molecule has 1 atom stereocenters. The van der Waals surface area contributed by atoms with Gasteiger partial charge in [0.2, 0.25) is 0 Å². The Morgan fingerprint density at radius 3 is 0.907 bits per heavy atom. The van der Waals surface area contributed by atoms with Crippen molar-refractivity contribution in [3.05, 3.63) is 0 Å². The van der Waals surface area contributed by atoms with Crippen molar-refractivity contribution in [3.8, 4) is 0 Å². The van der Waals surface area contributed by atoms with Crippen molar-refractivity contribution in [1.29, 1.82) is 0 Å². The predicted molar refractivity (Wildman–Crippen MR) is 229 cm³/mol. The first-order valence-corrected chi connectivity index (χ1v) is 23.9. The van der Waals surface area contributed by atoms with Gasteiger partial charge in [-0.05, 0) is 25.2 Å². The van der Waals surface area contributed by atoms with E-state index in [1.54, 1.807) is 0 Å². The van der Waals surface area contributed by atoms with E-state index in [-0.39, 0.29) is 31.1 Å². The first kappa shape index (κ1) is 52.4. The van der Waals surface area contributed by atoms with E-state index in [2.05, 4.69) is 27.7 Å². The second-order valence-electron chi connectivity index (χ2n) is 16.9. The average molecular weight is 765 g/mol. The Bertz CT molecular complexity index is 811. The maximum atomic E-state index is 12.7. The fourth-order valence-corrected chi connectivity index (χ4v) is 7.16. The second kappa shape index (κ2) is 42.6. The highest BCUT2D eigenvalue weighted by molar-refractivity contribution is 5.71. The maximum Gasteiger partial charge on any atom is 0.306 e. The van der Waals surface area contributed by atoms with Crippen molar-refractivity contribution in [2.45, 2.75) is 271 Å². The fraction of sp³-hybridized carbons (Fsp3) is 0.938. The molecule has 0 radical (unpaired) electrons. The van der Waals surface area contributed by atoms with Gasteiger partial charge in [-0.3, -0.25) is 14.4 Å². The molecule has 0 saturated carbocycles. The standard InChI is InChI=1S/C48H92O6/c1-5-7-9-11-13-15-17-19-23-27-31-35-39-46(49)52-42-45(54-48(51)41-37-33-29-25-18-16-14-12-10-8-6-2)43-53-47(50)40-36-32-28-24-21-20-22-26-30-34-38-44(3)4/h44-45H,5-43H2,1-4H3/t45-/m0/s1. The molecule has 320 valence electrons. The molecule has 0 aliphatic carbocycles. The minimum Gasteiger partial charge on any atom is -0.462 e. The van der Waals surface area contributed by atoms with Gasteiger partial charge in [-0.25, -0.2) is 0 Å². The number of carbonyl (C=O) groups excluding carboxylic acids is 3. The van der Waals surface area contributed by atoms with E-state index >= 15 is 0 Å². The van der Waals surface area contributed by atoms with Crippen LogP contribution in [0.2, 0.25) is 0 Å². The Kier molecular flexibility index (Phi) is 41.3. The second-order valence-corrected chi connectivity index (χ2v) is 16.9. The molecule has 54 heavy (non-hydrogen) atoms. The molecule has 0 aromatic carbocycles. The summed E-state index contributed by atoms with van der Waals surface area (Å²) >= 11 is 0. The lowest BCUT2D eigenvalue weighted by Gasteiger charge is -2.18. The summed E-state index contributed by atoms with van der Waals surface area (Å²) in [7, 11) is 0. The van der Waals surface area contributed by atoms with Gasteiger partial charge in [0.1, 0.15) is 13.2 Å². The molecule has 6 heteroatoms. The van der Waals surface area contributed by atoms with Crippen LogP contribution in [-0.4, -0.2) is 37.2 Å². The molecule has 0 N–H and O–H groups in total. The highest BCUT2D eigenvalue weighted by Gasteiger charge is 2.19. The van der Waals surface area contributed by atoms with Gasteiger partial charge < -0.3 is 14.2 Å². The SMILES string of the molecule is CCCCCCCCCCCCCCC(=O)OC[C@@H](COC(=O)CCCCCCCCCCCCC(C)C)OC(=O)CCCCCCCCCCCCC. The van der Waals surface area contributed by atoms with Crippen LogP contribution in [0.25, 0.3) is 0 Å². The van der Waals surface area contributed by atoms with E-state index in [1.165, 1.54) is 161 Å². The smallest absolute Gasteiger partial charge is 0.306 e. The van der Waals surface area contributed by atoms with E-state index in [1.807, 2.05) is 0 Å². The van der Waals surface area contributed by atoms with Crippen LogP contribution >= 0.6 is 0 Å². The quantitative estimate of drug-likeness (QED) is 0.0349. The Morgan fingerprint density at radius 1 is 0.352 bits per heavy atom. The van der Waals surface area contributed by atoms with Gasteiger partial charge in [0.25, 0.3) is 0 Å². The summed E-state index contributed by atoms with van der Waals surface area (Å²) in [5.41, 5.74) is 0. The summed E-state index contributed by atoms with van der Waals surface area (Å²) in [5, 5.41) is 0. The zero-order valence-electron chi connectivity index (χ0n) is 36.7. The average Bonchev–Trinajstić information content (AvgIpc) is 3.15. The molecule has 0 rings (SSSR count). The molecule has 0 spiro atoms. The Hall–Kier alpha value is -1.59. The fourth-order valence-electron chi connectivity index (χ4n) is 7.16. The largest absolute Gasteiger partial charge is 0.462 e. The number of unbranched alkanes of at least 4 members (excludes halogenated alkanes) is 30. The van der Waals surface area contributed by atoms with Gasteiger partial charge in [0.15, 0.2) is 6.10 Å². The Labute approximate surface area is 336 Å². The first-order chi connectivity index (χ1) is 26.4. The maximum absolute atomic E-state index is 12.7. The van der Waals surface area contributed by atoms with Gasteiger partial charge >= 0.3 is 17.9 Å². The van der Waals surface area contributed by atoms with Gasteiger partial charge in [-0.15, -0.1) is 0 Å². The molecule has 0 aromatic rings. The molecule has 0 aliphatic rings. The van der Waals surface area contributed by atoms with E-state index in [9.17, 15) is 14.4 Å². The topological polar surface area (TPSA) is 78.9 Å². The van der Waals surface area contributed by atoms with Crippen LogP contribution < -0.4 is 0 Å². The van der Waals surface area contributed by atoms with Crippen LogP contribution in [0.4, 0.5) is 0 Å². The molecule has 0 bridgehead atoms. The van der Waals surface area contributed by atoms with Crippen LogP contribution in [0.5, 0.6) is 0 Å². The minimum absolute atomic E-state index is 0.0634. The van der Waals surface area contributed by atoms with E-state index < -0.39 is 6.10 Å². The van der Waals surface area contributed by atoms with Crippen LogP contribution in [0, 0.1) is 5.92 Å². The normalized spacial score (nSPS) is 11.9. The number of rotatable bonds is 43. The lowest BCUT2D eigenvalue weighted by Crippen LogP contribution is -2.30. The van der Waals surface area contributed by atoms with E-state index in [4.69, 9.17) is 14.2 Å². The Balaban J connectivity index is 4.32. The van der Waals surface area contributed by atoms with Crippen molar-refractivity contribution in [2.75, 3.05) is 13.2 Å². The lowest BCUT2D eigenvalue weighted by atomic mass is 10.0. The first-order valence-electron chi connectivity index (χ1n) is 23.9. The molecule has 0 aliphatic heterocycles. The lowest BCUT2D eigenvalue weighted by molar-refractivity contribution is -0.167. The third kappa shape index (κ3) is 41.6. The van der Waals surface area contributed by atoms with E-state index in [0.717, 1.165) is 63.7 Å². The summed E-state index contributed by atoms with van der Waals surface area (Å²) in [6, 6.07) is 0. The van der Waals surface area contributed by atoms with Crippen LogP contribution in [0.3, 0.4) is 0 Å². The van der Waals surface area contributed by atoms with Crippen molar-refractivity contribution >= 4 is 17.9 Å². The summed E-state index contributed by atoms with van der Waals surface area (Å²) in [6.45, 7) is 8.99. The van der Waals surface area contributed by atoms with Crippen LogP contribution in [0.1, 0.15) is 265 Å². The summed E-state index contributed by atoms with van der Waals surface area (Å²) in [4.78, 5) is 37.8. The molecule has 6 nitrogen and oxygen atoms in total.